The van der Waals surface area contributed by atoms with Crippen molar-refractivity contribution in [2.75, 3.05) is 11.4 Å². The van der Waals surface area contributed by atoms with Crippen molar-refractivity contribution in [2.45, 2.75) is 56.6 Å². The van der Waals surface area contributed by atoms with Crippen LogP contribution in [-0.2, 0) is 26.1 Å². The Morgan fingerprint density at radius 1 is 1.17 bits per heavy atom. The summed E-state index contributed by atoms with van der Waals surface area (Å²) >= 11 is 0. The molecular formula is C24H28FNO3S. The van der Waals surface area contributed by atoms with E-state index in [2.05, 4.69) is 13.5 Å². The van der Waals surface area contributed by atoms with Crippen molar-refractivity contribution < 1.29 is 17.5 Å². The molecular weight excluding hydrogens is 401 g/mol. The van der Waals surface area contributed by atoms with E-state index in [9.17, 15) is 12.8 Å². The maximum absolute atomic E-state index is 14.4. The third kappa shape index (κ3) is 4.38. The van der Waals surface area contributed by atoms with E-state index in [0.717, 1.165) is 42.6 Å². The summed E-state index contributed by atoms with van der Waals surface area (Å²) in [6, 6.07) is 10.6. The summed E-state index contributed by atoms with van der Waals surface area (Å²) in [7, 11) is -3.52. The Bertz CT molecular complexity index is 1080. The molecule has 1 aliphatic heterocycles. The highest BCUT2D eigenvalue weighted by Gasteiger charge is 2.27. The molecule has 2 aromatic rings. The molecule has 2 aliphatic rings. The first kappa shape index (κ1) is 20.9. The largest absolute Gasteiger partial charge is 0.471 e. The first-order chi connectivity index (χ1) is 14.3. The molecule has 2 aromatic carbocycles. The van der Waals surface area contributed by atoms with Gasteiger partial charge in [0, 0.05) is 17.7 Å². The van der Waals surface area contributed by atoms with Crippen LogP contribution in [-0.4, -0.2) is 15.0 Å². The molecule has 160 valence electrons. The molecule has 0 radical (unpaired) electrons. The summed E-state index contributed by atoms with van der Waals surface area (Å²) in [6.07, 6.45) is 2.91. The Morgan fingerprint density at radius 2 is 1.93 bits per heavy atom. The van der Waals surface area contributed by atoms with Gasteiger partial charge in [0.25, 0.3) is 0 Å². The Labute approximate surface area is 178 Å². The molecule has 0 N–H and O–H groups in total. The minimum atomic E-state index is -3.52. The van der Waals surface area contributed by atoms with Crippen molar-refractivity contribution in [3.05, 3.63) is 76.9 Å². The Morgan fingerprint density at radius 3 is 2.60 bits per heavy atom. The summed E-state index contributed by atoms with van der Waals surface area (Å²) < 4.78 is 45.9. The number of sulfone groups is 1. The predicted molar refractivity (Wildman–Crippen MR) is 117 cm³/mol. The zero-order valence-corrected chi connectivity index (χ0v) is 18.3. The van der Waals surface area contributed by atoms with Crippen molar-refractivity contribution in [1.29, 1.82) is 0 Å². The molecule has 0 amide bonds. The fraction of sp³-hybridized carbons (Fsp3) is 0.417. The van der Waals surface area contributed by atoms with E-state index < -0.39 is 15.7 Å². The lowest BCUT2D eigenvalue weighted by molar-refractivity contribution is 0.118. The van der Waals surface area contributed by atoms with Gasteiger partial charge in [0.1, 0.15) is 11.9 Å². The smallest absolute Gasteiger partial charge is 0.187 e. The first-order valence-electron chi connectivity index (χ1n) is 10.5. The van der Waals surface area contributed by atoms with Gasteiger partial charge in [0.15, 0.2) is 15.7 Å². The number of nitrogens with zero attached hydrogens (tertiary/aromatic N) is 1. The summed E-state index contributed by atoms with van der Waals surface area (Å²) in [5.74, 6) is 0.191. The molecule has 0 aromatic heterocycles. The molecule has 1 unspecified atom stereocenters. The number of hydrogen-bond acceptors (Lipinski definition) is 4. The minimum Gasteiger partial charge on any atom is -0.471 e. The molecule has 1 fully saturated rings. The van der Waals surface area contributed by atoms with Gasteiger partial charge in [-0.05, 0) is 68.0 Å². The average Bonchev–Trinajstić information content (AvgIpc) is 3.52. The number of halogens is 1. The number of fused-ring (bicyclic) bond motifs is 1. The van der Waals surface area contributed by atoms with Crippen LogP contribution in [0.4, 0.5) is 10.1 Å². The summed E-state index contributed by atoms with van der Waals surface area (Å²) in [5.41, 5.74) is 3.84. The fourth-order valence-corrected chi connectivity index (χ4v) is 5.59. The molecule has 1 aliphatic carbocycles. The van der Waals surface area contributed by atoms with Crippen molar-refractivity contribution in [1.82, 2.24) is 0 Å². The van der Waals surface area contributed by atoms with Crippen molar-refractivity contribution in [3.63, 3.8) is 0 Å². The van der Waals surface area contributed by atoms with Gasteiger partial charge in [0.2, 0.25) is 0 Å². The molecule has 0 saturated heterocycles. The van der Waals surface area contributed by atoms with Gasteiger partial charge in [-0.1, -0.05) is 25.1 Å². The monoisotopic (exact) mass is 429 g/mol. The van der Waals surface area contributed by atoms with E-state index in [4.69, 9.17) is 4.74 Å². The molecule has 4 nitrogen and oxygen atoms in total. The third-order valence-electron chi connectivity index (χ3n) is 5.77. The van der Waals surface area contributed by atoms with Crippen LogP contribution in [0.25, 0.3) is 0 Å². The zero-order valence-electron chi connectivity index (χ0n) is 17.5. The van der Waals surface area contributed by atoms with Crippen LogP contribution in [0.2, 0.25) is 0 Å². The molecule has 0 spiro atoms. The molecule has 0 bridgehead atoms. The topological polar surface area (TPSA) is 46.6 Å². The molecule has 6 heteroatoms. The second-order valence-corrected chi connectivity index (χ2v) is 10.4. The standard InChI is InChI=1S/C24H28FNO3S/c1-4-11-26-17(3)29-16(2)22-12-18(5-10-24(22)26)14-30(27,28)15-21-9-8-20(13-23(21)25)19-6-7-19/h5,8-10,12-13,16,19H,3-4,6-7,11,14-15H2,1-2H3. The minimum absolute atomic E-state index is 0.133. The van der Waals surface area contributed by atoms with Gasteiger partial charge in [-0.2, -0.15) is 0 Å². The maximum Gasteiger partial charge on any atom is 0.187 e. The van der Waals surface area contributed by atoms with Crippen LogP contribution in [0, 0.1) is 5.82 Å². The highest BCUT2D eigenvalue weighted by atomic mass is 32.2. The van der Waals surface area contributed by atoms with Gasteiger partial charge >= 0.3 is 0 Å². The van der Waals surface area contributed by atoms with Crippen LogP contribution >= 0.6 is 0 Å². The summed E-state index contributed by atoms with van der Waals surface area (Å²) in [5, 5.41) is 0. The second kappa shape index (κ2) is 8.06. The number of rotatable bonds is 7. The van der Waals surface area contributed by atoms with E-state index in [-0.39, 0.29) is 23.2 Å². The van der Waals surface area contributed by atoms with Crippen molar-refractivity contribution >= 4 is 15.5 Å². The normalized spacial score (nSPS) is 18.8. The maximum atomic E-state index is 14.4. The number of benzene rings is 2. The Balaban J connectivity index is 1.53. The van der Waals surface area contributed by atoms with Crippen LogP contribution in [0.1, 0.15) is 67.4 Å². The lowest BCUT2D eigenvalue weighted by Gasteiger charge is -2.36. The van der Waals surface area contributed by atoms with Gasteiger partial charge in [-0.3, -0.25) is 0 Å². The van der Waals surface area contributed by atoms with Gasteiger partial charge in [0.05, 0.1) is 17.2 Å². The number of anilines is 1. The van der Waals surface area contributed by atoms with Crippen LogP contribution < -0.4 is 4.90 Å². The summed E-state index contributed by atoms with van der Waals surface area (Å²) in [4.78, 5) is 2.02. The summed E-state index contributed by atoms with van der Waals surface area (Å²) in [6.45, 7) is 8.80. The predicted octanol–water partition coefficient (Wildman–Crippen LogP) is 5.60. The van der Waals surface area contributed by atoms with Crippen molar-refractivity contribution in [3.8, 4) is 0 Å². The molecule has 1 atom stereocenters. The van der Waals surface area contributed by atoms with E-state index in [1.165, 1.54) is 6.07 Å². The van der Waals surface area contributed by atoms with Crippen molar-refractivity contribution in [2.24, 2.45) is 0 Å². The molecule has 1 saturated carbocycles. The quantitative estimate of drug-likeness (QED) is 0.575. The van der Waals surface area contributed by atoms with E-state index in [1.54, 1.807) is 6.07 Å². The third-order valence-corrected chi connectivity index (χ3v) is 7.29. The molecule has 30 heavy (non-hydrogen) atoms. The molecule has 4 rings (SSSR count). The lowest BCUT2D eigenvalue weighted by Crippen LogP contribution is -2.30. The molecule has 1 heterocycles. The van der Waals surface area contributed by atoms with Crippen LogP contribution in [0.5, 0.6) is 0 Å². The zero-order chi connectivity index (χ0) is 21.5. The highest BCUT2D eigenvalue weighted by Crippen LogP contribution is 2.41. The Hall–Kier alpha value is -2.34. The first-order valence-corrected chi connectivity index (χ1v) is 12.3. The number of hydrogen-bond donors (Lipinski definition) is 0. The van der Waals surface area contributed by atoms with E-state index in [0.29, 0.717) is 17.4 Å². The van der Waals surface area contributed by atoms with E-state index in [1.807, 2.05) is 36.1 Å². The highest BCUT2D eigenvalue weighted by molar-refractivity contribution is 7.89. The average molecular weight is 430 g/mol. The number of ether oxygens (including phenoxy) is 1. The SMILES string of the molecule is C=C1OC(C)c2cc(CS(=O)(=O)Cc3ccc(C4CC4)cc3F)ccc2N1CCC. The van der Waals surface area contributed by atoms with Gasteiger partial charge < -0.3 is 9.64 Å². The van der Waals surface area contributed by atoms with Crippen LogP contribution in [0.3, 0.4) is 0 Å². The van der Waals surface area contributed by atoms with Crippen LogP contribution in [0.15, 0.2) is 48.9 Å². The van der Waals surface area contributed by atoms with E-state index >= 15 is 0 Å². The van der Waals surface area contributed by atoms with Gasteiger partial charge in [-0.15, -0.1) is 0 Å². The van der Waals surface area contributed by atoms with Gasteiger partial charge in [-0.25, -0.2) is 12.8 Å². The Kier molecular flexibility index (Phi) is 5.62. The second-order valence-electron chi connectivity index (χ2n) is 8.36. The lowest BCUT2D eigenvalue weighted by atomic mass is 10.0. The fourth-order valence-electron chi connectivity index (χ4n) is 4.09.